The van der Waals surface area contributed by atoms with Crippen LogP contribution in [0.25, 0.3) is 0 Å². The van der Waals surface area contributed by atoms with Crippen LogP contribution in [0.4, 0.5) is 8.78 Å². The van der Waals surface area contributed by atoms with E-state index in [1.165, 1.54) is 16.8 Å². The molecule has 2 aliphatic heterocycles. The average molecular weight is 499 g/mol. The number of hydrogen-bond acceptors (Lipinski definition) is 5. The fourth-order valence-electron chi connectivity index (χ4n) is 6.23. The van der Waals surface area contributed by atoms with Crippen molar-refractivity contribution < 1.29 is 23.5 Å². The van der Waals surface area contributed by atoms with Crippen molar-refractivity contribution in [3.8, 4) is 5.75 Å². The quantitative estimate of drug-likeness (QED) is 0.676. The standard InChI is InChI=1S/C26H28F2N4O4/c27-16-6-5-14(19(28)9-16)10-29-25(35)18-12-30-13-21-31(17-7-8-17)11-15-3-1-2-4-20(15)32(21)26(36)22(30)24(34)23(18)33/h5-6,9,12,15,17,20-21,34H,1-4,7-8,10-11,13H2,(H,29,35). The van der Waals surface area contributed by atoms with E-state index in [2.05, 4.69) is 10.2 Å². The van der Waals surface area contributed by atoms with Crippen molar-refractivity contribution in [1.29, 1.82) is 0 Å². The molecule has 0 spiro atoms. The molecule has 2 amide bonds. The summed E-state index contributed by atoms with van der Waals surface area (Å²) in [7, 11) is 0. The van der Waals surface area contributed by atoms with Crippen LogP contribution in [0, 0.1) is 17.6 Å². The molecule has 36 heavy (non-hydrogen) atoms. The maximum Gasteiger partial charge on any atom is 0.276 e. The number of halogens is 2. The first-order valence-corrected chi connectivity index (χ1v) is 12.6. The summed E-state index contributed by atoms with van der Waals surface area (Å²) < 4.78 is 28.6. The third-order valence-corrected chi connectivity index (χ3v) is 8.14. The van der Waals surface area contributed by atoms with Crippen molar-refractivity contribution in [2.45, 2.75) is 69.9 Å². The lowest BCUT2D eigenvalue weighted by Crippen LogP contribution is -2.68. The number of fused-ring (bicyclic) bond motifs is 4. The SMILES string of the molecule is O=C(NCc1ccc(F)cc1F)c1cn2c(c(O)c1=O)C(=O)N1C3CCCCC3CN(C3CC3)C1C2. The molecule has 0 radical (unpaired) electrons. The van der Waals surface area contributed by atoms with Gasteiger partial charge in [-0.15, -0.1) is 0 Å². The summed E-state index contributed by atoms with van der Waals surface area (Å²) >= 11 is 0. The highest BCUT2D eigenvalue weighted by molar-refractivity contribution is 5.99. The third kappa shape index (κ3) is 3.78. The topological polar surface area (TPSA) is 94.9 Å². The predicted octanol–water partition coefficient (Wildman–Crippen LogP) is 2.58. The number of nitrogens with zero attached hydrogens (tertiary/aromatic N) is 3. The Hall–Kier alpha value is -3.27. The van der Waals surface area contributed by atoms with E-state index in [1.54, 1.807) is 0 Å². The van der Waals surface area contributed by atoms with E-state index in [-0.39, 0.29) is 41.5 Å². The summed E-state index contributed by atoms with van der Waals surface area (Å²) in [4.78, 5) is 43.8. The molecule has 190 valence electrons. The van der Waals surface area contributed by atoms with Gasteiger partial charge in [-0.3, -0.25) is 19.3 Å². The van der Waals surface area contributed by atoms with Crippen LogP contribution in [0.1, 0.15) is 64.9 Å². The van der Waals surface area contributed by atoms with Gasteiger partial charge in [-0.25, -0.2) is 8.78 Å². The summed E-state index contributed by atoms with van der Waals surface area (Å²) in [6.45, 7) is 1.02. The van der Waals surface area contributed by atoms with E-state index in [9.17, 15) is 28.3 Å². The zero-order valence-electron chi connectivity index (χ0n) is 19.8. The van der Waals surface area contributed by atoms with E-state index in [1.807, 2.05) is 4.90 Å². The van der Waals surface area contributed by atoms with E-state index in [0.717, 1.165) is 51.1 Å². The maximum atomic E-state index is 14.0. The molecule has 4 aliphatic rings. The van der Waals surface area contributed by atoms with Gasteiger partial charge in [-0.05, 0) is 37.7 Å². The monoisotopic (exact) mass is 498 g/mol. The van der Waals surface area contributed by atoms with Gasteiger partial charge in [0.25, 0.3) is 11.8 Å². The Morgan fingerprint density at radius 1 is 1.08 bits per heavy atom. The summed E-state index contributed by atoms with van der Waals surface area (Å²) in [6.07, 6.45) is 7.48. The van der Waals surface area contributed by atoms with Crippen molar-refractivity contribution in [2.24, 2.45) is 5.92 Å². The van der Waals surface area contributed by atoms with Crippen LogP contribution in [-0.2, 0) is 13.1 Å². The van der Waals surface area contributed by atoms with Gasteiger partial charge in [0.2, 0.25) is 5.43 Å². The summed E-state index contributed by atoms with van der Waals surface area (Å²) in [6, 6.07) is 3.52. The summed E-state index contributed by atoms with van der Waals surface area (Å²) in [5, 5.41) is 13.3. The molecule has 2 N–H and O–H groups in total. The Morgan fingerprint density at radius 3 is 2.61 bits per heavy atom. The summed E-state index contributed by atoms with van der Waals surface area (Å²) in [5.74, 6) is -3.08. The molecular formula is C26H28F2N4O4. The van der Waals surface area contributed by atoms with Gasteiger partial charge >= 0.3 is 0 Å². The van der Waals surface area contributed by atoms with Crippen molar-refractivity contribution >= 4 is 11.8 Å². The number of carbonyl (C=O) groups is 2. The zero-order valence-corrected chi connectivity index (χ0v) is 19.8. The highest BCUT2D eigenvalue weighted by Crippen LogP contribution is 2.43. The van der Waals surface area contributed by atoms with Crippen LogP contribution >= 0.6 is 0 Å². The minimum absolute atomic E-state index is 0.0576. The summed E-state index contributed by atoms with van der Waals surface area (Å²) in [5.41, 5.74) is -1.30. The van der Waals surface area contributed by atoms with Crippen molar-refractivity contribution in [1.82, 2.24) is 19.7 Å². The molecule has 2 aliphatic carbocycles. The molecule has 1 saturated heterocycles. The number of hydrogen-bond donors (Lipinski definition) is 2. The van der Waals surface area contributed by atoms with E-state index < -0.39 is 28.7 Å². The van der Waals surface area contributed by atoms with Gasteiger partial charge in [0, 0.05) is 43.0 Å². The molecular weight excluding hydrogens is 470 g/mol. The van der Waals surface area contributed by atoms with E-state index in [4.69, 9.17) is 0 Å². The normalized spacial score (nSPS) is 25.7. The number of aromatic hydroxyl groups is 1. The number of rotatable bonds is 4. The minimum atomic E-state index is -0.943. The first-order chi connectivity index (χ1) is 17.3. The van der Waals surface area contributed by atoms with Crippen molar-refractivity contribution in [3.05, 3.63) is 63.1 Å². The third-order valence-electron chi connectivity index (χ3n) is 8.14. The Morgan fingerprint density at radius 2 is 1.86 bits per heavy atom. The van der Waals surface area contributed by atoms with Gasteiger partial charge in [-0.1, -0.05) is 18.9 Å². The molecule has 6 rings (SSSR count). The van der Waals surface area contributed by atoms with Crippen LogP contribution in [0.5, 0.6) is 5.75 Å². The Balaban J connectivity index is 1.32. The smallest absolute Gasteiger partial charge is 0.276 e. The number of carbonyl (C=O) groups excluding carboxylic acids is 2. The fourth-order valence-corrected chi connectivity index (χ4v) is 6.23. The second-order valence-corrected chi connectivity index (χ2v) is 10.4. The highest BCUT2D eigenvalue weighted by Gasteiger charge is 2.51. The molecule has 10 heteroatoms. The lowest BCUT2D eigenvalue weighted by Gasteiger charge is -2.55. The molecule has 3 fully saturated rings. The molecule has 8 nitrogen and oxygen atoms in total. The van der Waals surface area contributed by atoms with Crippen LogP contribution in [0.2, 0.25) is 0 Å². The van der Waals surface area contributed by atoms with Gasteiger partial charge in [0.15, 0.2) is 11.4 Å². The Bertz CT molecular complexity index is 1310. The lowest BCUT2D eigenvalue weighted by atomic mass is 9.80. The first kappa shape index (κ1) is 23.1. The predicted molar refractivity (Wildman–Crippen MR) is 125 cm³/mol. The van der Waals surface area contributed by atoms with Gasteiger partial charge in [0.05, 0.1) is 6.54 Å². The molecule has 3 unspecified atom stereocenters. The molecule has 2 saturated carbocycles. The van der Waals surface area contributed by atoms with E-state index >= 15 is 0 Å². The molecule has 3 atom stereocenters. The lowest BCUT2D eigenvalue weighted by molar-refractivity contribution is -0.0772. The number of aromatic nitrogens is 1. The number of amides is 2. The van der Waals surface area contributed by atoms with E-state index in [0.29, 0.717) is 24.6 Å². The maximum absolute atomic E-state index is 14.0. The highest BCUT2D eigenvalue weighted by atomic mass is 19.1. The molecule has 1 aromatic heterocycles. The number of pyridine rings is 1. The van der Waals surface area contributed by atoms with Gasteiger partial charge in [-0.2, -0.15) is 0 Å². The second kappa shape index (κ2) is 8.69. The van der Waals surface area contributed by atoms with Crippen LogP contribution in [-0.4, -0.2) is 56.1 Å². The molecule has 0 bridgehead atoms. The molecule has 1 aromatic carbocycles. The minimum Gasteiger partial charge on any atom is -0.503 e. The number of benzene rings is 1. The Labute approximate surface area is 206 Å². The number of nitrogens with one attached hydrogen (secondary N) is 1. The van der Waals surface area contributed by atoms with Crippen LogP contribution in [0.3, 0.4) is 0 Å². The van der Waals surface area contributed by atoms with Crippen molar-refractivity contribution in [2.75, 3.05) is 6.54 Å². The average Bonchev–Trinajstić information content (AvgIpc) is 3.70. The van der Waals surface area contributed by atoms with Crippen LogP contribution in [0.15, 0.2) is 29.2 Å². The van der Waals surface area contributed by atoms with Gasteiger partial charge < -0.3 is 19.9 Å². The van der Waals surface area contributed by atoms with Gasteiger partial charge in [0.1, 0.15) is 23.4 Å². The van der Waals surface area contributed by atoms with Crippen LogP contribution < -0.4 is 10.7 Å². The second-order valence-electron chi connectivity index (χ2n) is 10.4. The first-order valence-electron chi connectivity index (χ1n) is 12.6. The van der Waals surface area contributed by atoms with Crippen molar-refractivity contribution in [3.63, 3.8) is 0 Å². The largest absolute Gasteiger partial charge is 0.503 e. The zero-order chi connectivity index (χ0) is 25.1. The Kier molecular flexibility index (Phi) is 5.59. The molecule has 2 aromatic rings. The fraction of sp³-hybridized carbons (Fsp3) is 0.500. The molecule has 3 heterocycles.